The maximum absolute atomic E-state index is 12.6. The van der Waals surface area contributed by atoms with Gasteiger partial charge in [0.25, 0.3) is 0 Å². The van der Waals surface area contributed by atoms with Crippen molar-refractivity contribution in [2.45, 2.75) is 51.9 Å². The van der Waals surface area contributed by atoms with Crippen molar-refractivity contribution in [1.82, 2.24) is 15.8 Å². The fourth-order valence-corrected chi connectivity index (χ4v) is 3.24. The number of amides is 1. The van der Waals surface area contributed by atoms with Crippen molar-refractivity contribution in [1.29, 1.82) is 0 Å². The fraction of sp³-hybridized carbons (Fsp3) is 0.929. The summed E-state index contributed by atoms with van der Waals surface area (Å²) in [5.41, 5.74) is 3.07. The van der Waals surface area contributed by atoms with Crippen LogP contribution >= 0.6 is 0 Å². The molecule has 0 bridgehead atoms. The lowest BCUT2D eigenvalue weighted by molar-refractivity contribution is -0.139. The SMILES string of the molecule is CCCC1(C(=O)NN2CCCCC2)CCNCC1. The normalized spacial score (nSPS) is 24.7. The van der Waals surface area contributed by atoms with Crippen LogP contribution in [0, 0.1) is 5.41 Å². The van der Waals surface area contributed by atoms with Crippen molar-refractivity contribution in [3.8, 4) is 0 Å². The highest BCUT2D eigenvalue weighted by Crippen LogP contribution is 2.34. The lowest BCUT2D eigenvalue weighted by atomic mass is 9.74. The van der Waals surface area contributed by atoms with Gasteiger partial charge in [0.1, 0.15) is 0 Å². The van der Waals surface area contributed by atoms with E-state index in [9.17, 15) is 4.79 Å². The minimum absolute atomic E-state index is 0.114. The van der Waals surface area contributed by atoms with E-state index in [0.717, 1.165) is 51.9 Å². The van der Waals surface area contributed by atoms with E-state index in [0.29, 0.717) is 0 Å². The minimum Gasteiger partial charge on any atom is -0.317 e. The van der Waals surface area contributed by atoms with Crippen LogP contribution in [-0.2, 0) is 4.79 Å². The predicted molar refractivity (Wildman–Crippen MR) is 73.0 cm³/mol. The summed E-state index contributed by atoms with van der Waals surface area (Å²) in [6, 6.07) is 0. The molecule has 104 valence electrons. The summed E-state index contributed by atoms with van der Waals surface area (Å²) >= 11 is 0. The maximum atomic E-state index is 12.6. The Morgan fingerprint density at radius 3 is 2.50 bits per heavy atom. The second-order valence-corrected chi connectivity index (χ2v) is 5.77. The molecular formula is C14H27N3O. The molecule has 2 aliphatic rings. The molecule has 0 saturated carbocycles. The van der Waals surface area contributed by atoms with Gasteiger partial charge in [0.05, 0.1) is 5.41 Å². The van der Waals surface area contributed by atoms with Gasteiger partial charge in [-0.15, -0.1) is 0 Å². The van der Waals surface area contributed by atoms with E-state index in [1.54, 1.807) is 0 Å². The van der Waals surface area contributed by atoms with Crippen LogP contribution in [0.15, 0.2) is 0 Å². The number of piperidine rings is 2. The molecule has 2 aliphatic heterocycles. The van der Waals surface area contributed by atoms with E-state index in [2.05, 4.69) is 22.7 Å². The topological polar surface area (TPSA) is 44.4 Å². The average Bonchev–Trinajstić information content (AvgIpc) is 2.41. The van der Waals surface area contributed by atoms with Gasteiger partial charge in [-0.25, -0.2) is 5.01 Å². The predicted octanol–water partition coefficient (Wildman–Crippen LogP) is 1.67. The van der Waals surface area contributed by atoms with E-state index in [1.807, 2.05) is 0 Å². The zero-order valence-corrected chi connectivity index (χ0v) is 11.6. The number of nitrogens with zero attached hydrogens (tertiary/aromatic N) is 1. The first-order valence-corrected chi connectivity index (χ1v) is 7.54. The molecular weight excluding hydrogens is 226 g/mol. The molecule has 18 heavy (non-hydrogen) atoms. The Bertz CT molecular complexity index is 263. The van der Waals surface area contributed by atoms with Crippen molar-refractivity contribution in [3.63, 3.8) is 0 Å². The minimum atomic E-state index is -0.114. The second kappa shape index (κ2) is 6.53. The van der Waals surface area contributed by atoms with Crippen LogP contribution in [0.4, 0.5) is 0 Å². The molecule has 0 unspecified atom stereocenters. The smallest absolute Gasteiger partial charge is 0.240 e. The summed E-state index contributed by atoms with van der Waals surface area (Å²) in [7, 11) is 0. The molecule has 0 aromatic heterocycles. The largest absolute Gasteiger partial charge is 0.317 e. The third-order valence-corrected chi connectivity index (χ3v) is 4.39. The van der Waals surface area contributed by atoms with Gasteiger partial charge >= 0.3 is 0 Å². The summed E-state index contributed by atoms with van der Waals surface area (Å²) in [4.78, 5) is 12.6. The third-order valence-electron chi connectivity index (χ3n) is 4.39. The number of nitrogens with one attached hydrogen (secondary N) is 2. The Hall–Kier alpha value is -0.610. The molecule has 0 aromatic carbocycles. The Kier molecular flexibility index (Phi) is 5.01. The number of carbonyl (C=O) groups excluding carboxylic acids is 1. The average molecular weight is 253 g/mol. The molecule has 2 rings (SSSR count). The molecule has 0 radical (unpaired) electrons. The zero-order valence-electron chi connectivity index (χ0n) is 11.6. The van der Waals surface area contributed by atoms with Crippen LogP contribution in [0.2, 0.25) is 0 Å². The van der Waals surface area contributed by atoms with Gasteiger partial charge in [-0.05, 0) is 45.2 Å². The Balaban J connectivity index is 1.94. The molecule has 2 fully saturated rings. The Morgan fingerprint density at radius 2 is 1.89 bits per heavy atom. The van der Waals surface area contributed by atoms with Gasteiger partial charge in [0, 0.05) is 13.1 Å². The van der Waals surface area contributed by atoms with Crippen molar-refractivity contribution in [3.05, 3.63) is 0 Å². The second-order valence-electron chi connectivity index (χ2n) is 5.77. The first-order chi connectivity index (χ1) is 8.77. The summed E-state index contributed by atoms with van der Waals surface area (Å²) in [5.74, 6) is 0.271. The molecule has 4 nitrogen and oxygen atoms in total. The number of hydrogen-bond acceptors (Lipinski definition) is 3. The van der Waals surface area contributed by atoms with Gasteiger partial charge in [-0.3, -0.25) is 10.2 Å². The van der Waals surface area contributed by atoms with Gasteiger partial charge in [0.2, 0.25) is 5.91 Å². The molecule has 0 atom stereocenters. The summed E-state index contributed by atoms with van der Waals surface area (Å²) in [5, 5.41) is 5.49. The zero-order chi connectivity index (χ0) is 12.8. The number of rotatable bonds is 4. The van der Waals surface area contributed by atoms with E-state index in [-0.39, 0.29) is 11.3 Å². The summed E-state index contributed by atoms with van der Waals surface area (Å²) < 4.78 is 0. The first kappa shape index (κ1) is 13.8. The number of carbonyl (C=O) groups is 1. The number of hydrogen-bond donors (Lipinski definition) is 2. The molecule has 2 heterocycles. The lowest BCUT2D eigenvalue weighted by Gasteiger charge is -2.38. The van der Waals surface area contributed by atoms with Crippen LogP contribution in [0.5, 0.6) is 0 Å². The van der Waals surface area contributed by atoms with Crippen LogP contribution in [0.1, 0.15) is 51.9 Å². The van der Waals surface area contributed by atoms with Gasteiger partial charge in [0.15, 0.2) is 0 Å². The maximum Gasteiger partial charge on any atom is 0.240 e. The van der Waals surface area contributed by atoms with Gasteiger partial charge < -0.3 is 5.32 Å². The lowest BCUT2D eigenvalue weighted by Crippen LogP contribution is -2.54. The molecule has 0 spiro atoms. The standard InChI is InChI=1S/C14H27N3O/c1-2-6-14(7-9-15-10-8-14)13(18)16-17-11-4-3-5-12-17/h15H,2-12H2,1H3,(H,16,18). The highest BCUT2D eigenvalue weighted by Gasteiger charge is 2.39. The van der Waals surface area contributed by atoms with Crippen LogP contribution < -0.4 is 10.7 Å². The summed E-state index contributed by atoms with van der Waals surface area (Å²) in [6.45, 7) is 6.18. The monoisotopic (exact) mass is 253 g/mol. The quantitative estimate of drug-likeness (QED) is 0.801. The van der Waals surface area contributed by atoms with Crippen LogP contribution in [0.3, 0.4) is 0 Å². The van der Waals surface area contributed by atoms with Crippen LogP contribution in [-0.4, -0.2) is 37.1 Å². The highest BCUT2D eigenvalue weighted by atomic mass is 16.2. The van der Waals surface area contributed by atoms with Crippen molar-refractivity contribution >= 4 is 5.91 Å². The van der Waals surface area contributed by atoms with Crippen molar-refractivity contribution < 1.29 is 4.79 Å². The highest BCUT2D eigenvalue weighted by molar-refractivity contribution is 5.82. The molecule has 1 amide bonds. The number of hydrazine groups is 1. The van der Waals surface area contributed by atoms with E-state index < -0.39 is 0 Å². The van der Waals surface area contributed by atoms with Gasteiger partial charge in [-0.2, -0.15) is 0 Å². The van der Waals surface area contributed by atoms with E-state index in [4.69, 9.17) is 0 Å². The Morgan fingerprint density at radius 1 is 1.22 bits per heavy atom. The molecule has 2 saturated heterocycles. The van der Waals surface area contributed by atoms with Crippen molar-refractivity contribution in [2.24, 2.45) is 5.41 Å². The van der Waals surface area contributed by atoms with E-state index >= 15 is 0 Å². The molecule has 0 aliphatic carbocycles. The van der Waals surface area contributed by atoms with Gasteiger partial charge in [-0.1, -0.05) is 19.8 Å². The Labute approximate surface area is 110 Å². The first-order valence-electron chi connectivity index (χ1n) is 7.54. The molecule has 4 heteroatoms. The third kappa shape index (κ3) is 3.23. The molecule has 2 N–H and O–H groups in total. The molecule has 0 aromatic rings. The summed E-state index contributed by atoms with van der Waals surface area (Å²) in [6.07, 6.45) is 7.81. The van der Waals surface area contributed by atoms with Crippen LogP contribution in [0.25, 0.3) is 0 Å². The fourth-order valence-electron chi connectivity index (χ4n) is 3.24. The van der Waals surface area contributed by atoms with Crippen molar-refractivity contribution in [2.75, 3.05) is 26.2 Å². The van der Waals surface area contributed by atoms with E-state index in [1.165, 1.54) is 19.3 Å².